The van der Waals surface area contributed by atoms with Crippen LogP contribution in [0.4, 0.5) is 0 Å². The smallest absolute Gasteiger partial charge is 0.223 e. The van der Waals surface area contributed by atoms with E-state index in [4.69, 9.17) is 9.47 Å². The molecular formula is C25H27N3O4S. The third-order valence-electron chi connectivity index (χ3n) is 5.37. The summed E-state index contributed by atoms with van der Waals surface area (Å²) in [6.45, 7) is 4.26. The maximum Gasteiger partial charge on any atom is 0.223 e. The van der Waals surface area contributed by atoms with Crippen LogP contribution in [-0.2, 0) is 29.1 Å². The van der Waals surface area contributed by atoms with Crippen molar-refractivity contribution in [1.82, 2.24) is 15.2 Å². The quantitative estimate of drug-likeness (QED) is 0.509. The molecule has 0 radical (unpaired) electrons. The van der Waals surface area contributed by atoms with Crippen molar-refractivity contribution in [3.63, 3.8) is 0 Å². The van der Waals surface area contributed by atoms with Gasteiger partial charge in [-0.1, -0.05) is 0 Å². The van der Waals surface area contributed by atoms with E-state index in [0.717, 1.165) is 24.3 Å². The molecule has 0 saturated carbocycles. The Balaban J connectivity index is 1.22. The Kier molecular flexibility index (Phi) is 7.57. The molecule has 0 unspecified atom stereocenters. The van der Waals surface area contributed by atoms with Gasteiger partial charge in [-0.3, -0.25) is 9.59 Å². The summed E-state index contributed by atoms with van der Waals surface area (Å²) in [5.41, 5.74) is 2.09. The Labute approximate surface area is 197 Å². The van der Waals surface area contributed by atoms with Gasteiger partial charge in [0.05, 0.1) is 6.61 Å². The largest absolute Gasteiger partial charge is 0.494 e. The van der Waals surface area contributed by atoms with Gasteiger partial charge in [0.2, 0.25) is 17.7 Å². The molecule has 8 heteroatoms. The zero-order valence-corrected chi connectivity index (χ0v) is 19.4. The highest BCUT2D eigenvalue weighted by Gasteiger charge is 2.21. The highest BCUT2D eigenvalue weighted by molar-refractivity contribution is 7.10. The van der Waals surface area contributed by atoms with Gasteiger partial charge in [0.1, 0.15) is 11.5 Å². The van der Waals surface area contributed by atoms with Crippen molar-refractivity contribution in [2.45, 2.75) is 39.3 Å². The molecule has 172 valence electrons. The lowest BCUT2D eigenvalue weighted by molar-refractivity contribution is -0.134. The van der Waals surface area contributed by atoms with Gasteiger partial charge in [0.25, 0.3) is 0 Å². The van der Waals surface area contributed by atoms with Crippen molar-refractivity contribution >= 4 is 23.2 Å². The maximum atomic E-state index is 12.5. The van der Waals surface area contributed by atoms with Gasteiger partial charge in [-0.2, -0.15) is 0 Å². The number of thiophene rings is 1. The fourth-order valence-electron chi connectivity index (χ4n) is 3.64. The molecule has 0 atom stereocenters. The number of hydrogen-bond donors (Lipinski definition) is 1. The third-order valence-corrected chi connectivity index (χ3v) is 6.40. The highest BCUT2D eigenvalue weighted by atomic mass is 32.1. The van der Waals surface area contributed by atoms with Crippen LogP contribution in [0, 0.1) is 0 Å². The third kappa shape index (κ3) is 6.32. The number of fused-ring (bicyclic) bond motifs is 1. The Morgan fingerprint density at radius 2 is 1.94 bits per heavy atom. The molecule has 3 aromatic rings. The van der Waals surface area contributed by atoms with E-state index >= 15 is 0 Å². The molecule has 0 saturated heterocycles. The number of hydrogen-bond acceptors (Lipinski definition) is 6. The van der Waals surface area contributed by atoms with Gasteiger partial charge in [-0.25, -0.2) is 4.98 Å². The zero-order chi connectivity index (χ0) is 23.0. The standard InChI is InChI=1S/C25H27N3O4S/c1-2-31-20-3-5-21(6-4-20)32-24-15-18(9-12-26-24)16-27-23(29)7-8-25(30)28-13-10-22-19(17-28)11-14-33-22/h3-6,9,11-12,14-15H,2,7-8,10,13,16-17H2,1H3,(H,27,29). The number of nitrogens with one attached hydrogen (secondary N) is 1. The number of nitrogens with zero attached hydrogens (tertiary/aromatic N) is 2. The second kappa shape index (κ2) is 11.0. The number of carbonyl (C=O) groups is 2. The van der Waals surface area contributed by atoms with Crippen molar-refractivity contribution in [3.8, 4) is 17.4 Å². The van der Waals surface area contributed by atoms with Gasteiger partial charge >= 0.3 is 0 Å². The van der Waals surface area contributed by atoms with E-state index in [2.05, 4.69) is 21.7 Å². The summed E-state index contributed by atoms with van der Waals surface area (Å²) >= 11 is 1.74. The summed E-state index contributed by atoms with van der Waals surface area (Å²) in [5.74, 6) is 1.75. The number of rotatable bonds is 9. The summed E-state index contributed by atoms with van der Waals surface area (Å²) in [5, 5.41) is 4.94. The number of carbonyl (C=O) groups excluding carboxylic acids is 2. The summed E-state index contributed by atoms with van der Waals surface area (Å²) < 4.78 is 11.2. The molecule has 1 aromatic carbocycles. The summed E-state index contributed by atoms with van der Waals surface area (Å²) in [7, 11) is 0. The van der Waals surface area contributed by atoms with E-state index in [1.165, 1.54) is 10.4 Å². The Hall–Kier alpha value is -3.39. The van der Waals surface area contributed by atoms with Crippen molar-refractivity contribution in [3.05, 3.63) is 70.0 Å². The van der Waals surface area contributed by atoms with Crippen molar-refractivity contribution < 1.29 is 19.1 Å². The number of ether oxygens (including phenoxy) is 2. The Morgan fingerprint density at radius 1 is 1.12 bits per heavy atom. The first-order valence-electron chi connectivity index (χ1n) is 11.1. The van der Waals surface area contributed by atoms with E-state index in [0.29, 0.717) is 31.3 Å². The monoisotopic (exact) mass is 465 g/mol. The van der Waals surface area contributed by atoms with E-state index in [1.807, 2.05) is 42.2 Å². The molecule has 3 heterocycles. The average molecular weight is 466 g/mol. The molecule has 1 N–H and O–H groups in total. The van der Waals surface area contributed by atoms with Crippen LogP contribution in [0.15, 0.2) is 54.0 Å². The van der Waals surface area contributed by atoms with Crippen molar-refractivity contribution in [2.75, 3.05) is 13.2 Å². The van der Waals surface area contributed by atoms with Crippen LogP contribution in [0.3, 0.4) is 0 Å². The normalized spacial score (nSPS) is 12.7. The maximum absolute atomic E-state index is 12.5. The van der Waals surface area contributed by atoms with Gasteiger partial charge < -0.3 is 19.7 Å². The second-order valence-corrected chi connectivity index (χ2v) is 8.72. The molecule has 1 aliphatic heterocycles. The number of amides is 2. The number of pyridine rings is 1. The topological polar surface area (TPSA) is 80.8 Å². The molecule has 2 amide bonds. The van der Waals surface area contributed by atoms with Crippen LogP contribution in [0.1, 0.15) is 35.8 Å². The fraction of sp³-hybridized carbons (Fsp3) is 0.320. The minimum atomic E-state index is -0.151. The molecule has 4 rings (SSSR count). The first-order chi connectivity index (χ1) is 16.1. The minimum Gasteiger partial charge on any atom is -0.494 e. The van der Waals surface area contributed by atoms with Gasteiger partial charge in [-0.15, -0.1) is 11.3 Å². The minimum absolute atomic E-state index is 0.0250. The van der Waals surface area contributed by atoms with E-state index in [9.17, 15) is 9.59 Å². The lowest BCUT2D eigenvalue weighted by Gasteiger charge is -2.27. The summed E-state index contributed by atoms with van der Waals surface area (Å²) in [4.78, 5) is 32.2. The van der Waals surface area contributed by atoms with Crippen LogP contribution >= 0.6 is 11.3 Å². The Morgan fingerprint density at radius 3 is 2.76 bits per heavy atom. The highest BCUT2D eigenvalue weighted by Crippen LogP contribution is 2.25. The Bertz CT molecular complexity index is 1100. The molecular weight excluding hydrogens is 438 g/mol. The molecule has 2 aromatic heterocycles. The zero-order valence-electron chi connectivity index (χ0n) is 18.6. The first kappa shape index (κ1) is 22.8. The summed E-state index contributed by atoms with van der Waals surface area (Å²) in [6, 6.07) is 13.0. The SMILES string of the molecule is CCOc1ccc(Oc2cc(CNC(=O)CCC(=O)N3CCc4sccc4C3)ccn2)cc1. The van der Waals surface area contributed by atoms with E-state index in [-0.39, 0.29) is 24.7 Å². The molecule has 0 bridgehead atoms. The number of benzene rings is 1. The predicted molar refractivity (Wildman–Crippen MR) is 126 cm³/mol. The number of aromatic nitrogens is 1. The van der Waals surface area contributed by atoms with Crippen LogP contribution in [-0.4, -0.2) is 34.8 Å². The van der Waals surface area contributed by atoms with E-state index in [1.54, 1.807) is 23.6 Å². The fourth-order valence-corrected chi connectivity index (χ4v) is 4.53. The van der Waals surface area contributed by atoms with Crippen LogP contribution in [0.25, 0.3) is 0 Å². The second-order valence-electron chi connectivity index (χ2n) is 7.72. The average Bonchev–Trinajstić information content (AvgIpc) is 3.31. The molecule has 0 spiro atoms. The van der Waals surface area contributed by atoms with E-state index < -0.39 is 0 Å². The molecule has 0 aliphatic carbocycles. The van der Waals surface area contributed by atoms with Crippen LogP contribution in [0.5, 0.6) is 17.4 Å². The van der Waals surface area contributed by atoms with Crippen molar-refractivity contribution in [1.29, 1.82) is 0 Å². The molecule has 0 fully saturated rings. The van der Waals surface area contributed by atoms with Gasteiger partial charge in [0.15, 0.2) is 0 Å². The lowest BCUT2D eigenvalue weighted by atomic mass is 10.1. The molecule has 7 nitrogen and oxygen atoms in total. The van der Waals surface area contributed by atoms with Gasteiger partial charge in [0, 0.05) is 49.6 Å². The van der Waals surface area contributed by atoms with Gasteiger partial charge in [-0.05, 0) is 66.2 Å². The predicted octanol–water partition coefficient (Wildman–Crippen LogP) is 4.32. The van der Waals surface area contributed by atoms with Crippen LogP contribution < -0.4 is 14.8 Å². The van der Waals surface area contributed by atoms with Crippen LogP contribution in [0.2, 0.25) is 0 Å². The summed E-state index contributed by atoms with van der Waals surface area (Å²) in [6.07, 6.45) is 2.93. The lowest BCUT2D eigenvalue weighted by Crippen LogP contribution is -2.36. The molecule has 33 heavy (non-hydrogen) atoms. The van der Waals surface area contributed by atoms with Crippen molar-refractivity contribution in [2.24, 2.45) is 0 Å². The first-order valence-corrected chi connectivity index (χ1v) is 11.9. The molecule has 1 aliphatic rings.